The molecule has 3 aromatic rings. The highest BCUT2D eigenvalue weighted by Crippen LogP contribution is 2.31. The van der Waals surface area contributed by atoms with Crippen LogP contribution in [-0.2, 0) is 10.0 Å². The van der Waals surface area contributed by atoms with E-state index in [1.54, 1.807) is 25.3 Å². The minimum Gasteiger partial charge on any atom is -0.479 e. The summed E-state index contributed by atoms with van der Waals surface area (Å²) in [6.45, 7) is 7.00. The van der Waals surface area contributed by atoms with Crippen molar-refractivity contribution >= 4 is 50.6 Å². The van der Waals surface area contributed by atoms with Crippen LogP contribution in [0.3, 0.4) is 0 Å². The van der Waals surface area contributed by atoms with Crippen molar-refractivity contribution in [1.29, 1.82) is 0 Å². The van der Waals surface area contributed by atoms with Gasteiger partial charge >= 0.3 is 0 Å². The third kappa shape index (κ3) is 5.78. The van der Waals surface area contributed by atoms with Gasteiger partial charge in [0, 0.05) is 26.2 Å². The Morgan fingerprint density at radius 3 is 2.47 bits per heavy atom. The van der Waals surface area contributed by atoms with Crippen molar-refractivity contribution in [3.63, 3.8) is 0 Å². The van der Waals surface area contributed by atoms with E-state index in [0.717, 1.165) is 38.5 Å². The van der Waals surface area contributed by atoms with Crippen LogP contribution in [0.4, 0.5) is 29.0 Å². The Hall–Kier alpha value is -3.19. The number of benzene rings is 1. The molecule has 1 aromatic carbocycles. The van der Waals surface area contributed by atoms with Gasteiger partial charge in [0.25, 0.3) is 0 Å². The molecule has 0 aliphatic carbocycles. The van der Waals surface area contributed by atoms with E-state index in [1.165, 1.54) is 19.3 Å². The molecule has 11 nitrogen and oxygen atoms in total. The second-order valence-electron chi connectivity index (χ2n) is 7.99. The maximum Gasteiger partial charge on any atom is 0.242 e. The molecule has 3 heterocycles. The summed E-state index contributed by atoms with van der Waals surface area (Å²) >= 11 is 6.31. The number of aromatic nitrogens is 3. The van der Waals surface area contributed by atoms with Gasteiger partial charge in [-0.05, 0) is 37.9 Å². The topological polar surface area (TPSA) is 125 Å². The Bertz CT molecular complexity index is 1320. The molecular weight excluding hydrogens is 504 g/mol. The Morgan fingerprint density at radius 2 is 1.78 bits per heavy atom. The van der Waals surface area contributed by atoms with Gasteiger partial charge in [-0.15, -0.1) is 0 Å². The van der Waals surface area contributed by atoms with E-state index < -0.39 is 10.0 Å². The van der Waals surface area contributed by atoms with Crippen LogP contribution in [0.1, 0.15) is 6.92 Å². The summed E-state index contributed by atoms with van der Waals surface area (Å²) in [5, 5.41) is 6.34. The van der Waals surface area contributed by atoms with Gasteiger partial charge in [-0.3, -0.25) is 0 Å². The number of para-hydroxylation sites is 1. The average Bonchev–Trinajstić information content (AvgIpc) is 2.91. The molecule has 4 rings (SSSR count). The largest absolute Gasteiger partial charge is 0.479 e. The van der Waals surface area contributed by atoms with E-state index in [0.29, 0.717) is 17.3 Å². The minimum atomic E-state index is -3.69. The highest BCUT2D eigenvalue weighted by Gasteiger charge is 2.20. The molecule has 0 unspecified atom stereocenters. The number of rotatable bonds is 9. The maximum atomic E-state index is 12.4. The molecule has 2 aromatic heterocycles. The molecule has 0 amide bonds. The molecule has 0 saturated carbocycles. The summed E-state index contributed by atoms with van der Waals surface area (Å²) in [6, 6.07) is 10.3. The van der Waals surface area contributed by atoms with E-state index in [-0.39, 0.29) is 21.7 Å². The van der Waals surface area contributed by atoms with E-state index in [1.807, 2.05) is 12.1 Å². The summed E-state index contributed by atoms with van der Waals surface area (Å²) < 4.78 is 32.6. The number of pyridine rings is 1. The van der Waals surface area contributed by atoms with Crippen molar-refractivity contribution in [3.05, 3.63) is 47.6 Å². The standard InChI is InChI=1S/C23H29ClN8O3S/c1-4-31-11-13-32(14-12-31)20-10-9-18(22(29-20)35-3)28-23-26-15-16(24)21(30-23)27-17-7-5-6-8-19(17)36(33,34)25-2/h5-10,15,25H,4,11-14H2,1-3H3,(H2,26,27,28,30). The maximum absolute atomic E-state index is 12.4. The first kappa shape index (κ1) is 25.9. The van der Waals surface area contributed by atoms with Crippen LogP contribution in [0.15, 0.2) is 47.5 Å². The predicted octanol–water partition coefficient (Wildman–Crippen LogP) is 3.07. The van der Waals surface area contributed by atoms with Crippen molar-refractivity contribution in [2.75, 3.05) is 62.4 Å². The van der Waals surface area contributed by atoms with E-state index in [4.69, 9.17) is 16.3 Å². The van der Waals surface area contributed by atoms with Gasteiger partial charge in [0.1, 0.15) is 21.4 Å². The quantitative estimate of drug-likeness (QED) is 0.378. The lowest BCUT2D eigenvalue weighted by molar-refractivity contribution is 0.270. The first-order chi connectivity index (χ1) is 17.3. The van der Waals surface area contributed by atoms with Gasteiger partial charge in [0.15, 0.2) is 5.82 Å². The van der Waals surface area contributed by atoms with Crippen LogP contribution in [0.5, 0.6) is 5.88 Å². The van der Waals surface area contributed by atoms with Gasteiger partial charge in [-0.25, -0.2) is 18.1 Å². The van der Waals surface area contributed by atoms with Crippen molar-refractivity contribution < 1.29 is 13.2 Å². The number of likely N-dealkylation sites (N-methyl/N-ethyl adjacent to an activating group) is 1. The summed E-state index contributed by atoms with van der Waals surface area (Å²) in [4.78, 5) is 18.1. The molecule has 0 spiro atoms. The summed E-state index contributed by atoms with van der Waals surface area (Å²) in [7, 11) is -0.786. The fourth-order valence-corrected chi connectivity index (χ4v) is 4.85. The number of nitrogens with one attached hydrogen (secondary N) is 3. The van der Waals surface area contributed by atoms with Gasteiger partial charge in [0.2, 0.25) is 21.9 Å². The van der Waals surface area contributed by atoms with Crippen LogP contribution >= 0.6 is 11.6 Å². The number of methoxy groups -OCH3 is 1. The summed E-state index contributed by atoms with van der Waals surface area (Å²) in [5.74, 6) is 1.73. The lowest BCUT2D eigenvalue weighted by atomic mass is 10.3. The number of sulfonamides is 1. The highest BCUT2D eigenvalue weighted by molar-refractivity contribution is 7.89. The first-order valence-electron chi connectivity index (χ1n) is 11.5. The minimum absolute atomic E-state index is 0.0675. The van der Waals surface area contributed by atoms with Gasteiger partial charge in [0.05, 0.1) is 19.0 Å². The van der Waals surface area contributed by atoms with Crippen molar-refractivity contribution in [2.45, 2.75) is 11.8 Å². The molecule has 1 aliphatic heterocycles. The summed E-state index contributed by atoms with van der Waals surface area (Å²) in [5.41, 5.74) is 0.907. The van der Waals surface area contributed by atoms with Crippen LogP contribution in [0.25, 0.3) is 0 Å². The lowest BCUT2D eigenvalue weighted by Gasteiger charge is -2.34. The molecule has 192 valence electrons. The zero-order chi connectivity index (χ0) is 25.7. The Kier molecular flexibility index (Phi) is 8.09. The molecule has 36 heavy (non-hydrogen) atoms. The molecule has 1 saturated heterocycles. The van der Waals surface area contributed by atoms with Crippen LogP contribution < -0.4 is 25.0 Å². The Labute approximate surface area is 215 Å². The summed E-state index contributed by atoms with van der Waals surface area (Å²) in [6.07, 6.45) is 1.43. The SMILES string of the molecule is CCN1CCN(c2ccc(Nc3ncc(Cl)c(Nc4ccccc4S(=O)(=O)NC)n3)c(OC)n2)CC1. The zero-order valence-electron chi connectivity index (χ0n) is 20.3. The number of nitrogens with zero attached hydrogens (tertiary/aromatic N) is 5. The number of anilines is 5. The highest BCUT2D eigenvalue weighted by atomic mass is 35.5. The molecular formula is C23H29ClN8O3S. The third-order valence-corrected chi connectivity index (χ3v) is 7.62. The van der Waals surface area contributed by atoms with Gasteiger partial charge in [-0.2, -0.15) is 9.97 Å². The average molecular weight is 533 g/mol. The molecule has 0 atom stereocenters. The van der Waals surface area contributed by atoms with E-state index in [2.05, 4.69) is 47.0 Å². The van der Waals surface area contributed by atoms with Crippen LogP contribution in [-0.4, -0.2) is 75.2 Å². The van der Waals surface area contributed by atoms with Crippen molar-refractivity contribution in [1.82, 2.24) is 24.6 Å². The van der Waals surface area contributed by atoms with Gasteiger partial charge in [-0.1, -0.05) is 30.7 Å². The second-order valence-corrected chi connectivity index (χ2v) is 10.3. The van der Waals surface area contributed by atoms with Crippen LogP contribution in [0, 0.1) is 0 Å². The number of hydrogen-bond acceptors (Lipinski definition) is 10. The first-order valence-corrected chi connectivity index (χ1v) is 13.3. The monoisotopic (exact) mass is 532 g/mol. The second kappa shape index (κ2) is 11.2. The Balaban J connectivity index is 1.55. The van der Waals surface area contributed by atoms with Crippen LogP contribution in [0.2, 0.25) is 5.02 Å². The molecule has 3 N–H and O–H groups in total. The van der Waals surface area contributed by atoms with E-state index in [9.17, 15) is 8.42 Å². The van der Waals surface area contributed by atoms with Gasteiger partial charge < -0.3 is 25.2 Å². The third-order valence-electron chi connectivity index (χ3n) is 5.87. The number of halogens is 1. The molecule has 0 radical (unpaired) electrons. The molecule has 1 fully saturated rings. The predicted molar refractivity (Wildman–Crippen MR) is 141 cm³/mol. The smallest absolute Gasteiger partial charge is 0.242 e. The van der Waals surface area contributed by atoms with Crippen molar-refractivity contribution in [2.24, 2.45) is 0 Å². The van der Waals surface area contributed by atoms with E-state index >= 15 is 0 Å². The molecule has 1 aliphatic rings. The normalized spacial score (nSPS) is 14.5. The fraction of sp³-hybridized carbons (Fsp3) is 0.348. The van der Waals surface area contributed by atoms with Crippen molar-refractivity contribution in [3.8, 4) is 5.88 Å². The molecule has 0 bridgehead atoms. The zero-order valence-corrected chi connectivity index (χ0v) is 21.9. The Morgan fingerprint density at radius 1 is 1.03 bits per heavy atom. The number of piperazine rings is 1. The number of hydrogen-bond donors (Lipinski definition) is 3. The lowest BCUT2D eigenvalue weighted by Crippen LogP contribution is -2.46. The number of ether oxygens (including phenoxy) is 1. The fourth-order valence-electron chi connectivity index (χ4n) is 3.83. The molecule has 13 heteroatoms.